The molecule has 0 fully saturated rings. The van der Waals surface area contributed by atoms with Crippen LogP contribution in [0.25, 0.3) is 10.9 Å². The lowest BCUT2D eigenvalue weighted by Crippen LogP contribution is -2.38. The lowest BCUT2D eigenvalue weighted by Gasteiger charge is -2.12. The van der Waals surface area contributed by atoms with Crippen molar-refractivity contribution in [3.05, 3.63) is 46.2 Å². The van der Waals surface area contributed by atoms with E-state index in [4.69, 9.17) is 4.74 Å². The molecule has 0 saturated carbocycles. The fourth-order valence-electron chi connectivity index (χ4n) is 1.93. The zero-order chi connectivity index (χ0) is 13.8. The normalized spacial score (nSPS) is 12.3. The highest BCUT2D eigenvalue weighted by Crippen LogP contribution is 2.07. The summed E-state index contributed by atoms with van der Waals surface area (Å²) >= 11 is 0. The molecule has 0 radical (unpaired) electrons. The summed E-state index contributed by atoms with van der Waals surface area (Å²) in [6.45, 7) is 2.22. The Morgan fingerprint density at radius 3 is 2.89 bits per heavy atom. The smallest absolute Gasteiger partial charge is 0.257 e. The minimum absolute atomic E-state index is 0.113. The number of nitrogens with one attached hydrogen (secondary N) is 2. The first-order valence-electron chi connectivity index (χ1n) is 6.03. The second kappa shape index (κ2) is 5.67. The Kier molecular flexibility index (Phi) is 3.97. The molecule has 0 aliphatic carbocycles. The van der Waals surface area contributed by atoms with E-state index in [0.29, 0.717) is 17.5 Å². The molecule has 5 nitrogen and oxygen atoms in total. The van der Waals surface area contributed by atoms with Gasteiger partial charge in [0.2, 0.25) is 5.43 Å². The minimum atomic E-state index is -0.392. The maximum absolute atomic E-state index is 12.2. The third-order valence-corrected chi connectivity index (χ3v) is 2.83. The van der Waals surface area contributed by atoms with Gasteiger partial charge >= 0.3 is 0 Å². The molecule has 0 aliphatic rings. The summed E-state index contributed by atoms with van der Waals surface area (Å²) in [5, 5.41) is 3.23. The molecule has 2 aromatic rings. The molecule has 2 rings (SSSR count). The highest BCUT2D eigenvalue weighted by molar-refractivity contribution is 5.97. The Labute approximate surface area is 110 Å². The summed E-state index contributed by atoms with van der Waals surface area (Å²) in [5.41, 5.74) is 0.562. The third-order valence-electron chi connectivity index (χ3n) is 2.83. The van der Waals surface area contributed by atoms with E-state index in [1.54, 1.807) is 25.3 Å². The van der Waals surface area contributed by atoms with Gasteiger partial charge in [0.05, 0.1) is 6.61 Å². The van der Waals surface area contributed by atoms with Gasteiger partial charge in [0.1, 0.15) is 5.56 Å². The van der Waals surface area contributed by atoms with Crippen LogP contribution in [0.5, 0.6) is 0 Å². The van der Waals surface area contributed by atoms with E-state index in [1.165, 1.54) is 6.20 Å². The molecular weight excluding hydrogens is 244 g/mol. The summed E-state index contributed by atoms with van der Waals surface area (Å²) < 4.78 is 4.94. The van der Waals surface area contributed by atoms with Crippen LogP contribution in [0.2, 0.25) is 0 Å². The van der Waals surface area contributed by atoms with Gasteiger partial charge < -0.3 is 15.0 Å². The van der Waals surface area contributed by atoms with Crippen LogP contribution in [-0.2, 0) is 4.74 Å². The summed E-state index contributed by atoms with van der Waals surface area (Å²) in [5.74, 6) is -0.392. The number of hydrogen-bond donors (Lipinski definition) is 2. The van der Waals surface area contributed by atoms with E-state index < -0.39 is 5.91 Å². The van der Waals surface area contributed by atoms with Crippen LogP contribution in [0.4, 0.5) is 0 Å². The molecule has 5 heteroatoms. The number of benzene rings is 1. The van der Waals surface area contributed by atoms with Gasteiger partial charge in [-0.2, -0.15) is 0 Å². The quantitative estimate of drug-likeness (QED) is 0.870. The van der Waals surface area contributed by atoms with Crippen molar-refractivity contribution < 1.29 is 9.53 Å². The molecule has 1 unspecified atom stereocenters. The highest BCUT2D eigenvalue weighted by Gasteiger charge is 2.14. The van der Waals surface area contributed by atoms with Crippen molar-refractivity contribution in [1.29, 1.82) is 0 Å². The molecule has 2 N–H and O–H groups in total. The number of carbonyl (C=O) groups is 1. The van der Waals surface area contributed by atoms with Crippen molar-refractivity contribution in [2.45, 2.75) is 13.0 Å². The number of amides is 1. The predicted octanol–water partition coefficient (Wildman–Crippen LogP) is 1.29. The first-order chi connectivity index (χ1) is 9.13. The number of H-pyrrole nitrogens is 1. The van der Waals surface area contributed by atoms with Gasteiger partial charge in [0.15, 0.2) is 0 Å². The molecule has 0 bridgehead atoms. The van der Waals surface area contributed by atoms with E-state index in [-0.39, 0.29) is 17.0 Å². The van der Waals surface area contributed by atoms with Crippen molar-refractivity contribution in [3.8, 4) is 0 Å². The molecule has 1 amide bonds. The van der Waals surface area contributed by atoms with Crippen molar-refractivity contribution >= 4 is 16.8 Å². The summed E-state index contributed by atoms with van der Waals surface area (Å²) in [4.78, 5) is 27.2. The van der Waals surface area contributed by atoms with Gasteiger partial charge in [-0.15, -0.1) is 0 Å². The second-order valence-corrected chi connectivity index (χ2v) is 4.41. The van der Waals surface area contributed by atoms with E-state index in [0.717, 1.165) is 0 Å². The lowest BCUT2D eigenvalue weighted by molar-refractivity contribution is 0.0904. The molecule has 19 heavy (non-hydrogen) atoms. The monoisotopic (exact) mass is 260 g/mol. The average Bonchev–Trinajstić information content (AvgIpc) is 2.39. The predicted molar refractivity (Wildman–Crippen MR) is 73.4 cm³/mol. The fraction of sp³-hybridized carbons (Fsp3) is 0.286. The van der Waals surface area contributed by atoms with Crippen LogP contribution in [-0.4, -0.2) is 30.6 Å². The number of pyridine rings is 1. The Balaban J connectivity index is 2.33. The molecule has 1 aromatic heterocycles. The second-order valence-electron chi connectivity index (χ2n) is 4.41. The first-order valence-corrected chi connectivity index (χ1v) is 6.03. The molecule has 1 atom stereocenters. The number of ether oxygens (including phenoxy) is 1. The molecular formula is C14H16N2O3. The number of hydrogen-bond acceptors (Lipinski definition) is 3. The maximum atomic E-state index is 12.2. The number of aromatic nitrogens is 1. The minimum Gasteiger partial charge on any atom is -0.383 e. The molecule has 100 valence electrons. The van der Waals surface area contributed by atoms with E-state index in [9.17, 15) is 9.59 Å². The van der Waals surface area contributed by atoms with Crippen molar-refractivity contribution in [3.63, 3.8) is 0 Å². The SMILES string of the molecule is COCC(C)NC(=O)c1c[nH]c2ccccc2c1=O. The van der Waals surface area contributed by atoms with Gasteiger partial charge in [0, 0.05) is 30.3 Å². The topological polar surface area (TPSA) is 71.2 Å². The number of aromatic amines is 1. The Morgan fingerprint density at radius 1 is 1.42 bits per heavy atom. The lowest BCUT2D eigenvalue weighted by atomic mass is 10.1. The van der Waals surface area contributed by atoms with Gasteiger partial charge in [0.25, 0.3) is 5.91 Å². The molecule has 0 spiro atoms. The van der Waals surface area contributed by atoms with Crippen molar-refractivity contribution in [2.24, 2.45) is 0 Å². The summed E-state index contributed by atoms with van der Waals surface area (Å²) in [6, 6.07) is 6.95. The van der Waals surface area contributed by atoms with Crippen LogP contribution in [0.1, 0.15) is 17.3 Å². The maximum Gasteiger partial charge on any atom is 0.257 e. The summed E-state index contributed by atoms with van der Waals surface area (Å²) in [6.07, 6.45) is 1.44. The third kappa shape index (κ3) is 2.82. The van der Waals surface area contributed by atoms with Gasteiger partial charge in [-0.25, -0.2) is 0 Å². The highest BCUT2D eigenvalue weighted by atomic mass is 16.5. The van der Waals surface area contributed by atoms with Crippen LogP contribution < -0.4 is 10.7 Å². The van der Waals surface area contributed by atoms with Crippen molar-refractivity contribution in [1.82, 2.24) is 10.3 Å². The first kappa shape index (κ1) is 13.3. The largest absolute Gasteiger partial charge is 0.383 e. The molecule has 1 heterocycles. The number of fused-ring (bicyclic) bond motifs is 1. The van der Waals surface area contributed by atoms with Crippen LogP contribution >= 0.6 is 0 Å². The average molecular weight is 260 g/mol. The molecule has 1 aromatic carbocycles. The zero-order valence-electron chi connectivity index (χ0n) is 10.9. The van der Waals surface area contributed by atoms with Gasteiger partial charge in [-0.3, -0.25) is 9.59 Å². The van der Waals surface area contributed by atoms with Gasteiger partial charge in [-0.05, 0) is 19.1 Å². The van der Waals surface area contributed by atoms with E-state index >= 15 is 0 Å². The number of carbonyl (C=O) groups excluding carboxylic acids is 1. The van der Waals surface area contributed by atoms with Crippen LogP contribution in [0.15, 0.2) is 35.3 Å². The van der Waals surface area contributed by atoms with E-state index in [1.807, 2.05) is 13.0 Å². The zero-order valence-corrected chi connectivity index (χ0v) is 10.9. The van der Waals surface area contributed by atoms with Gasteiger partial charge in [-0.1, -0.05) is 12.1 Å². The summed E-state index contributed by atoms with van der Waals surface area (Å²) in [7, 11) is 1.56. The van der Waals surface area contributed by atoms with Crippen LogP contribution in [0, 0.1) is 0 Å². The molecule has 0 aliphatic heterocycles. The molecule has 0 saturated heterocycles. The van der Waals surface area contributed by atoms with E-state index in [2.05, 4.69) is 10.3 Å². The van der Waals surface area contributed by atoms with Crippen LogP contribution in [0.3, 0.4) is 0 Å². The number of methoxy groups -OCH3 is 1. The Morgan fingerprint density at radius 2 is 2.16 bits per heavy atom. The number of para-hydroxylation sites is 1. The standard InChI is InChI=1S/C14H16N2O3/c1-9(8-19-2)16-14(18)11-7-15-12-6-4-3-5-10(12)13(11)17/h3-7,9H,8H2,1-2H3,(H,15,17)(H,16,18). The Bertz CT molecular complexity index is 648. The fourth-order valence-corrected chi connectivity index (χ4v) is 1.93. The van der Waals surface area contributed by atoms with Crippen molar-refractivity contribution in [2.75, 3.05) is 13.7 Å². The number of rotatable bonds is 4. The Hall–Kier alpha value is -2.14.